The van der Waals surface area contributed by atoms with E-state index < -0.39 is 0 Å². The summed E-state index contributed by atoms with van der Waals surface area (Å²) in [6.07, 6.45) is 1.19. The van der Waals surface area contributed by atoms with E-state index in [4.69, 9.17) is 16.3 Å². The molecule has 2 aromatic carbocycles. The summed E-state index contributed by atoms with van der Waals surface area (Å²) in [6.45, 7) is 9.16. The third kappa shape index (κ3) is 5.83. The van der Waals surface area contributed by atoms with Gasteiger partial charge in [-0.25, -0.2) is 0 Å². The predicted molar refractivity (Wildman–Crippen MR) is 139 cm³/mol. The Hall–Kier alpha value is -2.76. The van der Waals surface area contributed by atoms with Crippen LogP contribution in [0.15, 0.2) is 60.7 Å². The van der Waals surface area contributed by atoms with Gasteiger partial charge in [0.05, 0.1) is 12.8 Å². The van der Waals surface area contributed by atoms with Crippen molar-refractivity contribution < 1.29 is 9.53 Å². The fourth-order valence-corrected chi connectivity index (χ4v) is 4.77. The molecule has 0 spiro atoms. The first-order valence-electron chi connectivity index (χ1n) is 12.1. The molecule has 0 radical (unpaired) electrons. The molecule has 0 atom stereocenters. The Morgan fingerprint density at radius 2 is 1.62 bits per heavy atom. The van der Waals surface area contributed by atoms with E-state index in [1.54, 1.807) is 7.11 Å². The maximum atomic E-state index is 13.0. The van der Waals surface area contributed by atoms with E-state index in [0.717, 1.165) is 61.1 Å². The Labute approximate surface area is 207 Å². The molecular weight excluding hydrogens is 446 g/mol. The van der Waals surface area contributed by atoms with Crippen molar-refractivity contribution in [2.24, 2.45) is 5.92 Å². The SMILES string of the molecule is COc1ccc(-n2c(CCC(=O)N3CCN(CC(C)C)CC3)ccc2-c2ccc(Cl)cc2)cc1. The van der Waals surface area contributed by atoms with E-state index in [-0.39, 0.29) is 5.91 Å². The molecule has 6 heteroatoms. The first-order valence-corrected chi connectivity index (χ1v) is 12.4. The lowest BCUT2D eigenvalue weighted by Crippen LogP contribution is -2.49. The molecule has 34 heavy (non-hydrogen) atoms. The van der Waals surface area contributed by atoms with Crippen LogP contribution in [0.2, 0.25) is 5.02 Å². The summed E-state index contributed by atoms with van der Waals surface area (Å²) in [7, 11) is 1.67. The minimum Gasteiger partial charge on any atom is -0.497 e. The monoisotopic (exact) mass is 479 g/mol. The fourth-order valence-electron chi connectivity index (χ4n) is 4.65. The van der Waals surface area contributed by atoms with Gasteiger partial charge in [-0.2, -0.15) is 0 Å². The van der Waals surface area contributed by atoms with Crippen LogP contribution in [-0.4, -0.2) is 60.1 Å². The fraction of sp³-hybridized carbons (Fsp3) is 0.393. The molecule has 1 aliphatic rings. The third-order valence-corrected chi connectivity index (χ3v) is 6.63. The summed E-state index contributed by atoms with van der Waals surface area (Å²) in [5, 5.41) is 0.714. The van der Waals surface area contributed by atoms with Gasteiger partial charge in [0, 0.05) is 55.5 Å². The van der Waals surface area contributed by atoms with E-state index in [1.807, 2.05) is 41.3 Å². The third-order valence-electron chi connectivity index (χ3n) is 6.38. The maximum absolute atomic E-state index is 13.0. The average molecular weight is 480 g/mol. The van der Waals surface area contributed by atoms with Gasteiger partial charge in [0.1, 0.15) is 5.75 Å². The van der Waals surface area contributed by atoms with Crippen LogP contribution >= 0.6 is 11.6 Å². The van der Waals surface area contributed by atoms with Gasteiger partial charge in [0.2, 0.25) is 5.91 Å². The Bertz CT molecular complexity index is 1080. The van der Waals surface area contributed by atoms with E-state index >= 15 is 0 Å². The molecule has 0 saturated carbocycles. The van der Waals surface area contributed by atoms with Crippen molar-refractivity contribution in [3.63, 3.8) is 0 Å². The minimum absolute atomic E-state index is 0.236. The number of aryl methyl sites for hydroxylation is 1. The number of nitrogens with zero attached hydrogens (tertiary/aromatic N) is 3. The summed E-state index contributed by atoms with van der Waals surface area (Å²) in [6, 6.07) is 20.2. The lowest BCUT2D eigenvalue weighted by molar-refractivity contribution is -0.133. The number of halogens is 1. The minimum atomic E-state index is 0.236. The number of carbonyl (C=O) groups is 1. The van der Waals surface area contributed by atoms with Gasteiger partial charge in [-0.3, -0.25) is 9.69 Å². The number of piperazine rings is 1. The van der Waals surface area contributed by atoms with E-state index in [1.165, 1.54) is 0 Å². The quantitative estimate of drug-likeness (QED) is 0.425. The molecule has 2 heterocycles. The molecule has 1 saturated heterocycles. The molecule has 3 aromatic rings. The highest BCUT2D eigenvalue weighted by Crippen LogP contribution is 2.29. The van der Waals surface area contributed by atoms with Gasteiger partial charge in [-0.15, -0.1) is 0 Å². The van der Waals surface area contributed by atoms with Gasteiger partial charge in [0.15, 0.2) is 0 Å². The summed E-state index contributed by atoms with van der Waals surface area (Å²) in [5.74, 6) is 1.71. The first kappa shape index (κ1) is 24.4. The van der Waals surface area contributed by atoms with Crippen LogP contribution in [0.3, 0.4) is 0 Å². The van der Waals surface area contributed by atoms with Gasteiger partial charge in [-0.05, 0) is 66.4 Å². The summed E-state index contributed by atoms with van der Waals surface area (Å²) in [4.78, 5) is 17.5. The number of rotatable bonds is 8. The van der Waals surface area contributed by atoms with Crippen LogP contribution in [-0.2, 0) is 11.2 Å². The standard InChI is InChI=1S/C28H34ClN3O2/c1-21(2)20-30-16-18-31(19-17-30)28(33)15-11-25-10-14-27(22-4-6-23(29)7-5-22)32(25)24-8-12-26(34-3)13-9-24/h4-10,12-14,21H,11,15-20H2,1-3H3. The number of hydrogen-bond acceptors (Lipinski definition) is 3. The van der Waals surface area contributed by atoms with Crippen molar-refractivity contribution >= 4 is 17.5 Å². The highest BCUT2D eigenvalue weighted by atomic mass is 35.5. The van der Waals surface area contributed by atoms with E-state index in [0.29, 0.717) is 23.8 Å². The van der Waals surface area contributed by atoms with E-state index in [2.05, 4.69) is 47.6 Å². The lowest BCUT2D eigenvalue weighted by atomic mass is 10.1. The molecular formula is C28H34ClN3O2. The van der Waals surface area contributed by atoms with Crippen molar-refractivity contribution in [1.29, 1.82) is 0 Å². The largest absolute Gasteiger partial charge is 0.497 e. The second-order valence-electron chi connectivity index (χ2n) is 9.33. The molecule has 0 aliphatic carbocycles. The van der Waals surface area contributed by atoms with E-state index in [9.17, 15) is 4.79 Å². The zero-order valence-corrected chi connectivity index (χ0v) is 21.1. The number of amides is 1. The van der Waals surface area contributed by atoms with Gasteiger partial charge >= 0.3 is 0 Å². The highest BCUT2D eigenvalue weighted by Gasteiger charge is 2.22. The highest BCUT2D eigenvalue weighted by molar-refractivity contribution is 6.30. The van der Waals surface area contributed by atoms with Gasteiger partial charge in [0.25, 0.3) is 0 Å². The van der Waals surface area contributed by atoms with Crippen molar-refractivity contribution in [2.75, 3.05) is 39.8 Å². The molecule has 5 nitrogen and oxygen atoms in total. The smallest absolute Gasteiger partial charge is 0.223 e. The Morgan fingerprint density at radius 3 is 2.24 bits per heavy atom. The van der Waals surface area contributed by atoms with Crippen LogP contribution in [0.1, 0.15) is 26.0 Å². The number of carbonyl (C=O) groups excluding carboxylic acids is 1. The Morgan fingerprint density at radius 1 is 0.941 bits per heavy atom. The number of hydrogen-bond donors (Lipinski definition) is 0. The summed E-state index contributed by atoms with van der Waals surface area (Å²) in [5.41, 5.74) is 4.31. The molecule has 0 N–H and O–H groups in total. The molecule has 1 amide bonds. The molecule has 1 aliphatic heterocycles. The summed E-state index contributed by atoms with van der Waals surface area (Å²) < 4.78 is 7.57. The predicted octanol–water partition coefficient (Wildman–Crippen LogP) is 5.54. The molecule has 1 aromatic heterocycles. The number of ether oxygens (including phenoxy) is 1. The van der Waals surface area contributed by atoms with Crippen LogP contribution < -0.4 is 4.74 Å². The summed E-state index contributed by atoms with van der Waals surface area (Å²) >= 11 is 6.12. The van der Waals surface area contributed by atoms with Gasteiger partial charge < -0.3 is 14.2 Å². The number of benzene rings is 2. The van der Waals surface area contributed by atoms with Crippen molar-refractivity contribution in [1.82, 2.24) is 14.4 Å². The Kier molecular flexibility index (Phi) is 7.96. The second-order valence-corrected chi connectivity index (χ2v) is 9.76. The average Bonchev–Trinajstić information content (AvgIpc) is 3.27. The van der Waals surface area contributed by atoms with Crippen molar-refractivity contribution in [3.8, 4) is 22.7 Å². The van der Waals surface area contributed by atoms with Crippen LogP contribution in [0.25, 0.3) is 16.9 Å². The van der Waals surface area contributed by atoms with Crippen LogP contribution in [0.5, 0.6) is 5.75 Å². The topological polar surface area (TPSA) is 37.7 Å². The normalized spacial score (nSPS) is 14.6. The van der Waals surface area contributed by atoms with Gasteiger partial charge in [-0.1, -0.05) is 37.6 Å². The second kappa shape index (κ2) is 11.1. The molecule has 0 unspecified atom stereocenters. The maximum Gasteiger partial charge on any atom is 0.223 e. The zero-order chi connectivity index (χ0) is 24.1. The number of aromatic nitrogens is 1. The van der Waals surface area contributed by atoms with Crippen molar-refractivity contribution in [3.05, 3.63) is 71.4 Å². The van der Waals surface area contributed by atoms with Crippen molar-refractivity contribution in [2.45, 2.75) is 26.7 Å². The molecule has 1 fully saturated rings. The molecule has 4 rings (SSSR count). The zero-order valence-electron chi connectivity index (χ0n) is 20.3. The molecule has 0 bridgehead atoms. The van der Waals surface area contributed by atoms with Crippen LogP contribution in [0, 0.1) is 5.92 Å². The number of methoxy groups -OCH3 is 1. The van der Waals surface area contributed by atoms with Crippen LogP contribution in [0.4, 0.5) is 0 Å². The Balaban J connectivity index is 1.51. The molecule has 180 valence electrons. The first-order chi connectivity index (χ1) is 16.4. The lowest BCUT2D eigenvalue weighted by Gasteiger charge is -2.35.